The molecule has 8 heteroatoms. The SMILES string of the molecule is COc1cccc(N(CC(=O)NCc2ccccc2CN2CCCC2)S(=O)(=O)c2ccc(C)cc2)c1. The number of benzene rings is 3. The van der Waals surface area contributed by atoms with Crippen LogP contribution in [0.2, 0.25) is 0 Å². The van der Waals surface area contributed by atoms with Crippen LogP contribution in [-0.4, -0.2) is 46.0 Å². The standard InChI is InChI=1S/C28H33N3O4S/c1-22-12-14-27(15-13-22)36(33,34)31(25-10-7-11-26(18-25)35-2)21-28(32)29-19-23-8-3-4-9-24(23)20-30-16-5-6-17-30/h3-4,7-15,18H,5-6,16-17,19-21H2,1-2H3,(H,29,32). The predicted molar refractivity (Wildman–Crippen MR) is 142 cm³/mol. The highest BCUT2D eigenvalue weighted by Gasteiger charge is 2.27. The predicted octanol–water partition coefficient (Wildman–Crippen LogP) is 4.11. The average Bonchev–Trinajstić information content (AvgIpc) is 3.40. The van der Waals surface area contributed by atoms with Gasteiger partial charge in [-0.3, -0.25) is 14.0 Å². The Bertz CT molecular complexity index is 1290. The van der Waals surface area contributed by atoms with Crippen molar-refractivity contribution >= 4 is 21.6 Å². The molecule has 0 radical (unpaired) electrons. The van der Waals surface area contributed by atoms with Crippen molar-refractivity contribution in [3.05, 3.63) is 89.5 Å². The molecule has 3 aromatic rings. The maximum absolute atomic E-state index is 13.6. The fourth-order valence-electron chi connectivity index (χ4n) is 4.36. The van der Waals surface area contributed by atoms with Crippen LogP contribution in [0.1, 0.15) is 29.5 Å². The van der Waals surface area contributed by atoms with E-state index in [1.807, 2.05) is 25.1 Å². The molecule has 1 aliphatic heterocycles. The first kappa shape index (κ1) is 25.7. The molecule has 36 heavy (non-hydrogen) atoms. The summed E-state index contributed by atoms with van der Waals surface area (Å²) in [7, 11) is -2.47. The monoisotopic (exact) mass is 507 g/mol. The number of hydrogen-bond donors (Lipinski definition) is 1. The first-order valence-corrected chi connectivity index (χ1v) is 13.6. The van der Waals surface area contributed by atoms with Gasteiger partial charge < -0.3 is 10.1 Å². The molecule has 0 aliphatic carbocycles. The maximum Gasteiger partial charge on any atom is 0.264 e. The molecule has 1 fully saturated rings. The third-order valence-electron chi connectivity index (χ3n) is 6.42. The molecule has 0 spiro atoms. The van der Waals surface area contributed by atoms with Gasteiger partial charge in [-0.25, -0.2) is 8.42 Å². The van der Waals surface area contributed by atoms with Gasteiger partial charge >= 0.3 is 0 Å². The average molecular weight is 508 g/mol. The minimum absolute atomic E-state index is 0.125. The van der Waals surface area contributed by atoms with Gasteiger partial charge in [0.05, 0.1) is 17.7 Å². The summed E-state index contributed by atoms with van der Waals surface area (Å²) in [5.41, 5.74) is 3.52. The van der Waals surface area contributed by atoms with Crippen LogP contribution in [0.25, 0.3) is 0 Å². The lowest BCUT2D eigenvalue weighted by atomic mass is 10.1. The van der Waals surface area contributed by atoms with Crippen LogP contribution >= 0.6 is 0 Å². The second-order valence-electron chi connectivity index (χ2n) is 9.05. The number of nitrogens with zero attached hydrogens (tertiary/aromatic N) is 2. The molecule has 190 valence electrons. The van der Waals surface area contributed by atoms with Gasteiger partial charge in [0, 0.05) is 19.2 Å². The first-order valence-electron chi connectivity index (χ1n) is 12.2. The van der Waals surface area contributed by atoms with Crippen molar-refractivity contribution in [3.8, 4) is 5.75 Å². The largest absolute Gasteiger partial charge is 0.497 e. The van der Waals surface area contributed by atoms with Crippen LogP contribution in [0.3, 0.4) is 0 Å². The third-order valence-corrected chi connectivity index (χ3v) is 8.21. The van der Waals surface area contributed by atoms with Crippen molar-refractivity contribution in [2.75, 3.05) is 31.0 Å². The number of sulfonamides is 1. The molecule has 0 aromatic heterocycles. The Labute approximate surface area is 213 Å². The molecule has 0 atom stereocenters. The molecule has 7 nitrogen and oxygen atoms in total. The van der Waals surface area contributed by atoms with Crippen LogP contribution in [0, 0.1) is 6.92 Å². The second-order valence-corrected chi connectivity index (χ2v) is 10.9. The zero-order valence-electron chi connectivity index (χ0n) is 20.8. The minimum atomic E-state index is -3.99. The fourth-order valence-corrected chi connectivity index (χ4v) is 5.78. The Morgan fingerprint density at radius 1 is 0.972 bits per heavy atom. The van der Waals surface area contributed by atoms with E-state index in [0.29, 0.717) is 18.0 Å². The van der Waals surface area contributed by atoms with E-state index < -0.39 is 10.0 Å². The van der Waals surface area contributed by atoms with Gasteiger partial charge in [-0.15, -0.1) is 0 Å². The number of amides is 1. The van der Waals surface area contributed by atoms with Crippen LogP contribution in [0.15, 0.2) is 77.7 Å². The molecule has 1 aliphatic rings. The summed E-state index contributed by atoms with van der Waals surface area (Å²) in [5.74, 6) is 0.123. The van der Waals surface area contributed by atoms with Crippen molar-refractivity contribution in [1.82, 2.24) is 10.2 Å². The zero-order valence-corrected chi connectivity index (χ0v) is 21.6. The fraction of sp³-hybridized carbons (Fsp3) is 0.321. The topological polar surface area (TPSA) is 79.0 Å². The molecule has 1 saturated heterocycles. The Morgan fingerprint density at radius 2 is 1.67 bits per heavy atom. The lowest BCUT2D eigenvalue weighted by Gasteiger charge is -2.25. The highest BCUT2D eigenvalue weighted by molar-refractivity contribution is 7.92. The summed E-state index contributed by atoms with van der Waals surface area (Å²) in [6.45, 7) is 4.91. The van der Waals surface area contributed by atoms with Crippen molar-refractivity contribution in [3.63, 3.8) is 0 Å². The van der Waals surface area contributed by atoms with E-state index in [1.165, 1.54) is 25.5 Å². The normalized spacial score (nSPS) is 13.9. The lowest BCUT2D eigenvalue weighted by Crippen LogP contribution is -2.40. The summed E-state index contributed by atoms with van der Waals surface area (Å²) in [5, 5.41) is 2.93. The number of rotatable bonds is 10. The summed E-state index contributed by atoms with van der Waals surface area (Å²) in [6, 6.07) is 21.4. The number of nitrogens with one attached hydrogen (secondary N) is 1. The molecule has 0 bridgehead atoms. The van der Waals surface area contributed by atoms with Gasteiger partial charge in [0.2, 0.25) is 5.91 Å². The van der Waals surface area contributed by atoms with Gasteiger partial charge in [-0.2, -0.15) is 0 Å². The van der Waals surface area contributed by atoms with Gasteiger partial charge in [-0.1, -0.05) is 48.0 Å². The second kappa shape index (κ2) is 11.6. The number of aryl methyl sites for hydroxylation is 1. The molecular formula is C28H33N3O4S. The quantitative estimate of drug-likeness (QED) is 0.447. The van der Waals surface area contributed by atoms with E-state index in [0.717, 1.165) is 35.1 Å². The van der Waals surface area contributed by atoms with E-state index in [2.05, 4.69) is 16.3 Å². The highest BCUT2D eigenvalue weighted by atomic mass is 32.2. The summed E-state index contributed by atoms with van der Waals surface area (Å²) in [4.78, 5) is 15.6. The van der Waals surface area contributed by atoms with Crippen molar-refractivity contribution in [2.24, 2.45) is 0 Å². The number of anilines is 1. The van der Waals surface area contributed by atoms with Crippen LogP contribution in [0.4, 0.5) is 5.69 Å². The van der Waals surface area contributed by atoms with E-state index in [9.17, 15) is 13.2 Å². The molecule has 4 rings (SSSR count). The number of methoxy groups -OCH3 is 1. The molecule has 0 saturated carbocycles. The zero-order chi connectivity index (χ0) is 25.5. The Morgan fingerprint density at radius 3 is 2.36 bits per heavy atom. The van der Waals surface area contributed by atoms with E-state index in [4.69, 9.17) is 4.74 Å². The first-order chi connectivity index (χ1) is 17.4. The van der Waals surface area contributed by atoms with Gasteiger partial charge in [0.1, 0.15) is 12.3 Å². The molecule has 1 N–H and O–H groups in total. The minimum Gasteiger partial charge on any atom is -0.497 e. The van der Waals surface area contributed by atoms with E-state index in [-0.39, 0.29) is 17.3 Å². The van der Waals surface area contributed by atoms with Crippen LogP contribution < -0.4 is 14.4 Å². The Balaban J connectivity index is 1.53. The Hall–Kier alpha value is -3.36. The molecule has 1 heterocycles. The number of hydrogen-bond acceptors (Lipinski definition) is 5. The highest BCUT2D eigenvalue weighted by Crippen LogP contribution is 2.27. The van der Waals surface area contributed by atoms with Gasteiger partial charge in [0.25, 0.3) is 10.0 Å². The van der Waals surface area contributed by atoms with Gasteiger partial charge in [0.15, 0.2) is 0 Å². The van der Waals surface area contributed by atoms with E-state index >= 15 is 0 Å². The molecule has 0 unspecified atom stereocenters. The summed E-state index contributed by atoms with van der Waals surface area (Å²) < 4.78 is 33.6. The number of likely N-dealkylation sites (tertiary alicyclic amines) is 1. The van der Waals surface area contributed by atoms with Crippen molar-refractivity contribution < 1.29 is 17.9 Å². The number of carbonyl (C=O) groups is 1. The van der Waals surface area contributed by atoms with Gasteiger partial charge in [-0.05, 0) is 68.2 Å². The van der Waals surface area contributed by atoms with Crippen LogP contribution in [0.5, 0.6) is 5.75 Å². The summed E-state index contributed by atoms with van der Waals surface area (Å²) in [6.07, 6.45) is 2.43. The molecular weight excluding hydrogens is 474 g/mol. The van der Waals surface area contributed by atoms with Crippen molar-refractivity contribution in [1.29, 1.82) is 0 Å². The van der Waals surface area contributed by atoms with E-state index in [1.54, 1.807) is 48.5 Å². The number of ether oxygens (including phenoxy) is 1. The maximum atomic E-state index is 13.6. The van der Waals surface area contributed by atoms with Crippen LogP contribution in [-0.2, 0) is 27.9 Å². The lowest BCUT2D eigenvalue weighted by molar-refractivity contribution is -0.119. The van der Waals surface area contributed by atoms with Crippen molar-refractivity contribution in [2.45, 2.75) is 37.8 Å². The Kier molecular flexibility index (Phi) is 8.28. The molecule has 1 amide bonds. The third kappa shape index (κ3) is 6.25. The number of carbonyl (C=O) groups excluding carboxylic acids is 1. The smallest absolute Gasteiger partial charge is 0.264 e. The summed E-state index contributed by atoms with van der Waals surface area (Å²) >= 11 is 0. The molecule has 3 aromatic carbocycles.